The van der Waals surface area contributed by atoms with Crippen molar-refractivity contribution in [2.45, 2.75) is 32.0 Å². The van der Waals surface area contributed by atoms with Gasteiger partial charge in [-0.15, -0.1) is 0 Å². The number of carbonyl (C=O) groups is 1. The summed E-state index contributed by atoms with van der Waals surface area (Å²) in [6.07, 6.45) is 1.08. The van der Waals surface area contributed by atoms with Crippen LogP contribution < -0.4 is 15.4 Å². The molecule has 6 heteroatoms. The first-order valence-electron chi connectivity index (χ1n) is 9.60. The van der Waals surface area contributed by atoms with E-state index < -0.39 is 0 Å². The number of nitrogens with one attached hydrogen (secondary N) is 2. The van der Waals surface area contributed by atoms with Crippen molar-refractivity contribution < 1.29 is 14.3 Å². The van der Waals surface area contributed by atoms with Gasteiger partial charge in [-0.2, -0.15) is 0 Å². The highest BCUT2D eigenvalue weighted by Gasteiger charge is 2.40. The van der Waals surface area contributed by atoms with E-state index in [1.807, 2.05) is 36.4 Å². The first-order chi connectivity index (χ1) is 13.5. The number of amides is 2. The second kappa shape index (κ2) is 9.08. The molecule has 2 amide bonds. The number of hydrogen-bond acceptors (Lipinski definition) is 4. The third kappa shape index (κ3) is 4.82. The van der Waals surface area contributed by atoms with E-state index in [-0.39, 0.29) is 11.6 Å². The Hall–Kier alpha value is -2.57. The van der Waals surface area contributed by atoms with Crippen molar-refractivity contribution in [2.75, 3.05) is 32.7 Å². The third-order valence-electron chi connectivity index (χ3n) is 5.45. The second-order valence-electron chi connectivity index (χ2n) is 7.28. The summed E-state index contributed by atoms with van der Waals surface area (Å²) in [7, 11) is 3.78. The maximum absolute atomic E-state index is 12.1. The predicted molar refractivity (Wildman–Crippen MR) is 111 cm³/mol. The normalized spacial score (nSPS) is 15.0. The molecule has 2 N–H and O–H groups in total. The molecule has 0 saturated carbocycles. The fourth-order valence-corrected chi connectivity index (χ4v) is 3.27. The van der Waals surface area contributed by atoms with E-state index in [2.05, 4.69) is 41.6 Å². The maximum Gasteiger partial charge on any atom is 0.319 e. The topological polar surface area (TPSA) is 62.8 Å². The highest BCUT2D eigenvalue weighted by atomic mass is 16.5. The Bertz CT molecular complexity index is 765. The van der Waals surface area contributed by atoms with Crippen molar-refractivity contribution >= 4 is 11.7 Å². The summed E-state index contributed by atoms with van der Waals surface area (Å²) < 4.78 is 10.5. The number of ether oxygens (including phenoxy) is 2. The molecular formula is C22H29N3O3. The van der Waals surface area contributed by atoms with Crippen LogP contribution in [0, 0.1) is 0 Å². The average Bonchev–Trinajstić information content (AvgIpc) is 2.68. The van der Waals surface area contributed by atoms with E-state index in [1.54, 1.807) is 7.11 Å². The molecule has 0 unspecified atom stereocenters. The summed E-state index contributed by atoms with van der Waals surface area (Å²) in [5.74, 6) is 0.800. The number of anilines is 1. The van der Waals surface area contributed by atoms with Crippen LogP contribution in [0.15, 0.2) is 48.5 Å². The summed E-state index contributed by atoms with van der Waals surface area (Å²) >= 11 is 0. The van der Waals surface area contributed by atoms with Gasteiger partial charge in [0.05, 0.1) is 25.9 Å². The number of urea groups is 1. The van der Waals surface area contributed by atoms with Gasteiger partial charge in [-0.1, -0.05) is 31.2 Å². The van der Waals surface area contributed by atoms with Crippen molar-refractivity contribution in [3.05, 3.63) is 59.7 Å². The minimum Gasteiger partial charge on any atom is -0.497 e. The van der Waals surface area contributed by atoms with Crippen molar-refractivity contribution in [2.24, 2.45) is 0 Å². The quantitative estimate of drug-likeness (QED) is 0.731. The fraction of sp³-hybridized carbons (Fsp3) is 0.409. The van der Waals surface area contributed by atoms with E-state index in [0.29, 0.717) is 6.54 Å². The smallest absolute Gasteiger partial charge is 0.319 e. The van der Waals surface area contributed by atoms with Gasteiger partial charge in [0.2, 0.25) is 0 Å². The summed E-state index contributed by atoms with van der Waals surface area (Å²) in [5, 5.41) is 5.73. The van der Waals surface area contributed by atoms with Crippen molar-refractivity contribution in [3.8, 4) is 5.75 Å². The lowest BCUT2D eigenvalue weighted by Gasteiger charge is -2.47. The zero-order valence-corrected chi connectivity index (χ0v) is 16.8. The Labute approximate surface area is 166 Å². The fourth-order valence-electron chi connectivity index (χ4n) is 3.27. The number of carbonyl (C=O) groups excluding carboxylic acids is 1. The Morgan fingerprint density at radius 1 is 1.11 bits per heavy atom. The van der Waals surface area contributed by atoms with E-state index in [1.165, 1.54) is 5.56 Å². The van der Waals surface area contributed by atoms with Gasteiger partial charge in [0.15, 0.2) is 0 Å². The summed E-state index contributed by atoms with van der Waals surface area (Å²) in [6.45, 7) is 5.12. The van der Waals surface area contributed by atoms with Crippen LogP contribution in [0.5, 0.6) is 5.75 Å². The Morgan fingerprint density at radius 2 is 1.75 bits per heavy atom. The van der Waals surface area contributed by atoms with Crippen LogP contribution in [0.3, 0.4) is 0 Å². The van der Waals surface area contributed by atoms with Gasteiger partial charge in [0, 0.05) is 18.8 Å². The molecule has 0 bridgehead atoms. The van der Waals surface area contributed by atoms with E-state index >= 15 is 0 Å². The largest absolute Gasteiger partial charge is 0.497 e. The molecule has 1 saturated heterocycles. The van der Waals surface area contributed by atoms with Gasteiger partial charge in [-0.05, 0) is 48.9 Å². The average molecular weight is 383 g/mol. The van der Waals surface area contributed by atoms with Crippen LogP contribution in [0.4, 0.5) is 10.5 Å². The number of benzene rings is 2. The molecule has 28 heavy (non-hydrogen) atoms. The predicted octanol–water partition coefficient (Wildman–Crippen LogP) is 3.63. The monoisotopic (exact) mass is 383 g/mol. The number of likely N-dealkylation sites (N-methyl/N-ethyl adjacent to an activating group) is 1. The van der Waals surface area contributed by atoms with E-state index in [9.17, 15) is 4.79 Å². The molecule has 0 aromatic heterocycles. The lowest BCUT2D eigenvalue weighted by molar-refractivity contribution is -0.137. The summed E-state index contributed by atoms with van der Waals surface area (Å²) in [5.41, 5.74) is 3.17. The lowest BCUT2D eigenvalue weighted by atomic mass is 9.91. The summed E-state index contributed by atoms with van der Waals surface area (Å²) in [4.78, 5) is 14.5. The van der Waals surface area contributed by atoms with E-state index in [0.717, 1.165) is 43.2 Å². The zero-order valence-electron chi connectivity index (χ0n) is 16.8. The first-order valence-corrected chi connectivity index (χ1v) is 9.60. The van der Waals surface area contributed by atoms with Gasteiger partial charge in [0.25, 0.3) is 0 Å². The third-order valence-corrected chi connectivity index (χ3v) is 5.45. The minimum absolute atomic E-state index is 0.165. The van der Waals surface area contributed by atoms with Gasteiger partial charge in [-0.25, -0.2) is 4.79 Å². The van der Waals surface area contributed by atoms with Gasteiger partial charge < -0.3 is 20.1 Å². The number of methoxy groups -OCH3 is 1. The maximum atomic E-state index is 12.1. The standard InChI is InChI=1S/C22H29N3O3/c1-4-22(15-28-16-22)25(2)14-18-5-9-19(10-6-18)24-21(26)23-13-17-7-11-20(27-3)12-8-17/h5-12H,4,13-16H2,1-3H3,(H2,23,24,26). The van der Waals surface area contributed by atoms with Crippen molar-refractivity contribution in [1.29, 1.82) is 0 Å². The van der Waals surface area contributed by atoms with Crippen LogP contribution in [0.1, 0.15) is 24.5 Å². The van der Waals surface area contributed by atoms with Gasteiger partial charge in [-0.3, -0.25) is 4.90 Å². The molecule has 3 rings (SSSR count). The number of hydrogen-bond donors (Lipinski definition) is 2. The SMILES string of the molecule is CCC1(N(C)Cc2ccc(NC(=O)NCc3ccc(OC)cc3)cc2)COC1. The van der Waals surface area contributed by atoms with Crippen LogP contribution >= 0.6 is 0 Å². The highest BCUT2D eigenvalue weighted by molar-refractivity contribution is 5.89. The van der Waals surface area contributed by atoms with Crippen molar-refractivity contribution in [3.63, 3.8) is 0 Å². The lowest BCUT2D eigenvalue weighted by Crippen LogP contribution is -2.60. The second-order valence-corrected chi connectivity index (χ2v) is 7.28. The van der Waals surface area contributed by atoms with Crippen LogP contribution in [0.25, 0.3) is 0 Å². The molecule has 0 radical (unpaired) electrons. The highest BCUT2D eigenvalue weighted by Crippen LogP contribution is 2.28. The Kier molecular flexibility index (Phi) is 6.54. The molecule has 0 spiro atoms. The van der Waals surface area contributed by atoms with Crippen LogP contribution in [-0.2, 0) is 17.8 Å². The minimum atomic E-state index is -0.225. The first kappa shape index (κ1) is 20.2. The van der Waals surface area contributed by atoms with Gasteiger partial charge in [0.1, 0.15) is 5.75 Å². The molecule has 0 aliphatic carbocycles. The molecule has 1 fully saturated rings. The van der Waals surface area contributed by atoms with Crippen LogP contribution in [-0.4, -0.2) is 43.8 Å². The molecular weight excluding hydrogens is 354 g/mol. The molecule has 2 aromatic rings. The number of rotatable bonds is 8. The van der Waals surface area contributed by atoms with E-state index in [4.69, 9.17) is 9.47 Å². The molecule has 0 atom stereocenters. The molecule has 6 nitrogen and oxygen atoms in total. The summed E-state index contributed by atoms with van der Waals surface area (Å²) in [6, 6.07) is 15.4. The molecule has 1 heterocycles. The number of nitrogens with zero attached hydrogens (tertiary/aromatic N) is 1. The molecule has 150 valence electrons. The molecule has 1 aliphatic rings. The molecule has 1 aliphatic heterocycles. The molecule has 2 aromatic carbocycles. The Balaban J connectivity index is 1.47. The Morgan fingerprint density at radius 3 is 2.29 bits per heavy atom. The zero-order chi connectivity index (χ0) is 20.0. The van der Waals surface area contributed by atoms with Gasteiger partial charge >= 0.3 is 6.03 Å². The van der Waals surface area contributed by atoms with Crippen LogP contribution in [0.2, 0.25) is 0 Å². The van der Waals surface area contributed by atoms with Crippen molar-refractivity contribution in [1.82, 2.24) is 10.2 Å².